The Labute approximate surface area is 113 Å². The summed E-state index contributed by atoms with van der Waals surface area (Å²) >= 11 is 0. The predicted molar refractivity (Wildman–Crippen MR) is 73.1 cm³/mol. The van der Waals surface area contributed by atoms with Crippen LogP contribution in [0.25, 0.3) is 0 Å². The predicted octanol–water partition coefficient (Wildman–Crippen LogP) is 2.31. The third-order valence-electron chi connectivity index (χ3n) is 3.24. The van der Waals surface area contributed by atoms with Crippen LogP contribution < -0.4 is 5.32 Å². The zero-order valence-corrected chi connectivity index (χ0v) is 11.5. The summed E-state index contributed by atoms with van der Waals surface area (Å²) in [7, 11) is 0. The summed E-state index contributed by atoms with van der Waals surface area (Å²) in [6, 6.07) is 7.04. The maximum atomic E-state index is 12.9. The highest BCUT2D eigenvalue weighted by molar-refractivity contribution is 5.79. The molecular formula is C15H21FN2O. The average molecular weight is 264 g/mol. The van der Waals surface area contributed by atoms with Crippen LogP contribution in [-0.4, -0.2) is 29.4 Å². The van der Waals surface area contributed by atoms with Crippen molar-refractivity contribution in [2.24, 2.45) is 0 Å². The molecule has 1 saturated carbocycles. The van der Waals surface area contributed by atoms with Crippen LogP contribution in [0, 0.1) is 5.82 Å². The van der Waals surface area contributed by atoms with Crippen molar-refractivity contribution in [3.63, 3.8) is 0 Å². The van der Waals surface area contributed by atoms with E-state index in [9.17, 15) is 9.18 Å². The number of benzene rings is 1. The maximum Gasteiger partial charge on any atom is 0.237 e. The lowest BCUT2D eigenvalue weighted by atomic mass is 10.2. The van der Waals surface area contributed by atoms with Gasteiger partial charge in [-0.1, -0.05) is 26.0 Å². The summed E-state index contributed by atoms with van der Waals surface area (Å²) in [6.07, 6.45) is 2.16. The van der Waals surface area contributed by atoms with Gasteiger partial charge in [0.25, 0.3) is 0 Å². The molecule has 19 heavy (non-hydrogen) atoms. The molecule has 0 radical (unpaired) electrons. The highest BCUT2D eigenvalue weighted by Crippen LogP contribution is 2.28. The van der Waals surface area contributed by atoms with E-state index in [1.165, 1.54) is 12.1 Å². The van der Waals surface area contributed by atoms with E-state index in [-0.39, 0.29) is 11.7 Å². The second-order valence-corrected chi connectivity index (χ2v) is 5.41. The summed E-state index contributed by atoms with van der Waals surface area (Å²) in [6.45, 7) is 4.99. The molecule has 0 aliphatic heterocycles. The van der Waals surface area contributed by atoms with Crippen LogP contribution in [0.3, 0.4) is 0 Å². The average Bonchev–Trinajstić information content (AvgIpc) is 3.19. The number of hydrogen-bond donors (Lipinski definition) is 1. The van der Waals surface area contributed by atoms with Gasteiger partial charge in [-0.15, -0.1) is 0 Å². The van der Waals surface area contributed by atoms with Crippen molar-refractivity contribution in [2.45, 2.75) is 45.3 Å². The van der Waals surface area contributed by atoms with E-state index in [0.29, 0.717) is 25.2 Å². The molecule has 2 rings (SSSR count). The van der Waals surface area contributed by atoms with Gasteiger partial charge in [0, 0.05) is 18.6 Å². The van der Waals surface area contributed by atoms with Crippen molar-refractivity contribution in [3.8, 4) is 0 Å². The van der Waals surface area contributed by atoms with E-state index >= 15 is 0 Å². The third-order valence-corrected chi connectivity index (χ3v) is 3.24. The normalized spacial score (nSPS) is 14.7. The van der Waals surface area contributed by atoms with Gasteiger partial charge in [0.15, 0.2) is 0 Å². The molecule has 1 aromatic rings. The number of amides is 1. The minimum Gasteiger partial charge on any atom is -0.334 e. The minimum absolute atomic E-state index is 0.125. The fourth-order valence-corrected chi connectivity index (χ4v) is 1.99. The standard InChI is InChI=1S/C15H21FN2O/c1-11(2)17-9-15(19)18(14-7-8-14)10-12-3-5-13(16)6-4-12/h3-6,11,14,17H,7-10H2,1-2H3. The summed E-state index contributed by atoms with van der Waals surface area (Å²) in [5, 5.41) is 3.15. The molecule has 1 aliphatic carbocycles. The highest BCUT2D eigenvalue weighted by atomic mass is 19.1. The largest absolute Gasteiger partial charge is 0.334 e. The van der Waals surface area contributed by atoms with Gasteiger partial charge in [0.05, 0.1) is 6.54 Å². The molecule has 1 N–H and O–H groups in total. The first-order valence-corrected chi connectivity index (χ1v) is 6.83. The Balaban J connectivity index is 1.96. The fourth-order valence-electron chi connectivity index (χ4n) is 1.99. The lowest BCUT2D eigenvalue weighted by molar-refractivity contribution is -0.131. The van der Waals surface area contributed by atoms with Gasteiger partial charge in [-0.3, -0.25) is 4.79 Å². The molecule has 0 aromatic heterocycles. The minimum atomic E-state index is -0.241. The Hall–Kier alpha value is -1.42. The van der Waals surface area contributed by atoms with E-state index in [2.05, 4.69) is 5.32 Å². The molecule has 0 bridgehead atoms. The summed E-state index contributed by atoms with van der Waals surface area (Å²) < 4.78 is 12.9. The Bertz CT molecular complexity index is 426. The molecule has 0 spiro atoms. The molecule has 3 nitrogen and oxygen atoms in total. The molecule has 0 heterocycles. The van der Waals surface area contributed by atoms with E-state index < -0.39 is 0 Å². The van der Waals surface area contributed by atoms with Gasteiger partial charge < -0.3 is 10.2 Å². The van der Waals surface area contributed by atoms with E-state index in [4.69, 9.17) is 0 Å². The number of rotatable bonds is 6. The molecular weight excluding hydrogens is 243 g/mol. The lowest BCUT2D eigenvalue weighted by Gasteiger charge is -2.23. The molecule has 4 heteroatoms. The monoisotopic (exact) mass is 264 g/mol. The van der Waals surface area contributed by atoms with Crippen molar-refractivity contribution >= 4 is 5.91 Å². The van der Waals surface area contributed by atoms with E-state index in [0.717, 1.165) is 18.4 Å². The van der Waals surface area contributed by atoms with E-state index in [1.807, 2.05) is 18.7 Å². The number of nitrogens with one attached hydrogen (secondary N) is 1. The van der Waals surface area contributed by atoms with Gasteiger partial charge in [0.1, 0.15) is 5.82 Å². The topological polar surface area (TPSA) is 32.3 Å². The van der Waals surface area contributed by atoms with Crippen molar-refractivity contribution in [1.29, 1.82) is 0 Å². The zero-order valence-electron chi connectivity index (χ0n) is 11.5. The maximum absolute atomic E-state index is 12.9. The van der Waals surface area contributed by atoms with Crippen LogP contribution in [-0.2, 0) is 11.3 Å². The first kappa shape index (κ1) is 14.0. The Morgan fingerprint density at radius 2 is 2.00 bits per heavy atom. The van der Waals surface area contributed by atoms with Crippen LogP contribution in [0.1, 0.15) is 32.3 Å². The summed E-state index contributed by atoms with van der Waals surface area (Å²) in [5.74, 6) is -0.116. The number of hydrogen-bond acceptors (Lipinski definition) is 2. The molecule has 0 atom stereocenters. The Morgan fingerprint density at radius 3 is 2.53 bits per heavy atom. The molecule has 104 valence electrons. The SMILES string of the molecule is CC(C)NCC(=O)N(Cc1ccc(F)cc1)C1CC1. The van der Waals surface area contributed by atoms with Crippen LogP contribution in [0.2, 0.25) is 0 Å². The van der Waals surface area contributed by atoms with Gasteiger partial charge in [-0.2, -0.15) is 0 Å². The fraction of sp³-hybridized carbons (Fsp3) is 0.533. The molecule has 0 unspecified atom stereocenters. The van der Waals surface area contributed by atoms with Gasteiger partial charge in [-0.05, 0) is 30.5 Å². The van der Waals surface area contributed by atoms with Crippen LogP contribution >= 0.6 is 0 Å². The van der Waals surface area contributed by atoms with E-state index in [1.54, 1.807) is 12.1 Å². The van der Waals surface area contributed by atoms with Gasteiger partial charge in [0.2, 0.25) is 5.91 Å². The van der Waals surface area contributed by atoms with Crippen molar-refractivity contribution in [2.75, 3.05) is 6.54 Å². The lowest BCUT2D eigenvalue weighted by Crippen LogP contribution is -2.41. The van der Waals surface area contributed by atoms with Gasteiger partial charge >= 0.3 is 0 Å². The molecule has 1 aliphatic rings. The molecule has 1 fully saturated rings. The summed E-state index contributed by atoms with van der Waals surface area (Å²) in [4.78, 5) is 14.1. The van der Waals surface area contributed by atoms with Crippen molar-refractivity contribution in [1.82, 2.24) is 10.2 Å². The third kappa shape index (κ3) is 4.31. The number of carbonyl (C=O) groups excluding carboxylic acids is 1. The zero-order chi connectivity index (χ0) is 13.8. The highest BCUT2D eigenvalue weighted by Gasteiger charge is 2.32. The number of halogens is 1. The van der Waals surface area contributed by atoms with Crippen LogP contribution in [0.15, 0.2) is 24.3 Å². The quantitative estimate of drug-likeness (QED) is 0.855. The summed E-state index contributed by atoms with van der Waals surface area (Å²) in [5.41, 5.74) is 0.978. The second kappa shape index (κ2) is 6.15. The first-order chi connectivity index (χ1) is 9.06. The van der Waals surface area contributed by atoms with Crippen molar-refractivity contribution in [3.05, 3.63) is 35.6 Å². The Kier molecular flexibility index (Phi) is 4.53. The number of carbonyl (C=O) groups is 1. The first-order valence-electron chi connectivity index (χ1n) is 6.83. The van der Waals surface area contributed by atoms with Crippen LogP contribution in [0.5, 0.6) is 0 Å². The molecule has 1 aromatic carbocycles. The van der Waals surface area contributed by atoms with Crippen LogP contribution in [0.4, 0.5) is 4.39 Å². The molecule has 0 saturated heterocycles. The smallest absolute Gasteiger partial charge is 0.237 e. The number of nitrogens with zero attached hydrogens (tertiary/aromatic N) is 1. The second-order valence-electron chi connectivity index (χ2n) is 5.41. The Morgan fingerprint density at radius 1 is 1.37 bits per heavy atom. The van der Waals surface area contributed by atoms with Crippen molar-refractivity contribution < 1.29 is 9.18 Å². The van der Waals surface area contributed by atoms with Gasteiger partial charge in [-0.25, -0.2) is 4.39 Å². The molecule has 1 amide bonds.